The van der Waals surface area contributed by atoms with Crippen LogP contribution in [-0.2, 0) is 9.59 Å². The Hall–Kier alpha value is -5.90. The van der Waals surface area contributed by atoms with Gasteiger partial charge >= 0.3 is 11.9 Å². The molecular formula is C34H24N2O8. The lowest BCUT2D eigenvalue weighted by atomic mass is 9.97. The van der Waals surface area contributed by atoms with E-state index in [1.807, 2.05) is 0 Å². The van der Waals surface area contributed by atoms with Gasteiger partial charge in [-0.15, -0.1) is 0 Å². The van der Waals surface area contributed by atoms with Gasteiger partial charge in [0.05, 0.1) is 33.6 Å². The summed E-state index contributed by atoms with van der Waals surface area (Å²) >= 11 is 0. The van der Waals surface area contributed by atoms with Crippen LogP contribution in [0.2, 0.25) is 0 Å². The number of anilines is 2. The van der Waals surface area contributed by atoms with Gasteiger partial charge in [0.2, 0.25) is 0 Å². The van der Waals surface area contributed by atoms with E-state index in [0.717, 1.165) is 9.80 Å². The first-order valence-corrected chi connectivity index (χ1v) is 13.9. The Morgan fingerprint density at radius 3 is 1.18 bits per heavy atom. The summed E-state index contributed by atoms with van der Waals surface area (Å²) in [5, 5.41) is 0. The van der Waals surface area contributed by atoms with Gasteiger partial charge in [0, 0.05) is 12.8 Å². The van der Waals surface area contributed by atoms with Gasteiger partial charge in [-0.25, -0.2) is 9.80 Å². The number of imide groups is 2. The first kappa shape index (κ1) is 28.2. The maximum atomic E-state index is 13.4. The van der Waals surface area contributed by atoms with Crippen LogP contribution in [0, 0.1) is 0 Å². The highest BCUT2D eigenvalue weighted by atomic mass is 16.5. The van der Waals surface area contributed by atoms with Crippen molar-refractivity contribution in [2.45, 2.75) is 26.7 Å². The van der Waals surface area contributed by atoms with Crippen LogP contribution in [0.15, 0.2) is 84.9 Å². The van der Waals surface area contributed by atoms with E-state index in [9.17, 15) is 28.8 Å². The van der Waals surface area contributed by atoms with Crippen LogP contribution in [0.25, 0.3) is 11.1 Å². The quantitative estimate of drug-likeness (QED) is 0.155. The number of carbonyl (C=O) groups is 6. The normalized spacial score (nSPS) is 13.7. The first-order chi connectivity index (χ1) is 21.2. The van der Waals surface area contributed by atoms with E-state index in [2.05, 4.69) is 0 Å². The Morgan fingerprint density at radius 1 is 0.500 bits per heavy atom. The lowest BCUT2D eigenvalue weighted by Crippen LogP contribution is -2.29. The second kappa shape index (κ2) is 11.1. The van der Waals surface area contributed by atoms with Crippen molar-refractivity contribution in [2.75, 3.05) is 9.80 Å². The number of esters is 2. The van der Waals surface area contributed by atoms with Gasteiger partial charge in [0.15, 0.2) is 0 Å². The second-order valence-corrected chi connectivity index (χ2v) is 10.1. The molecule has 0 unspecified atom stereocenters. The average molecular weight is 589 g/mol. The van der Waals surface area contributed by atoms with Crippen molar-refractivity contribution in [3.05, 3.63) is 107 Å². The minimum Gasteiger partial charge on any atom is -0.427 e. The molecule has 2 heterocycles. The number of nitrogens with zero attached hydrogens (tertiary/aromatic N) is 2. The number of benzene rings is 4. The number of amides is 4. The third-order valence-corrected chi connectivity index (χ3v) is 7.34. The molecule has 10 heteroatoms. The smallest absolute Gasteiger partial charge is 0.310 e. The molecule has 4 aromatic rings. The predicted molar refractivity (Wildman–Crippen MR) is 159 cm³/mol. The van der Waals surface area contributed by atoms with Crippen LogP contribution >= 0.6 is 0 Å². The van der Waals surface area contributed by atoms with Crippen LogP contribution in [0.3, 0.4) is 0 Å². The zero-order valence-corrected chi connectivity index (χ0v) is 23.7. The largest absolute Gasteiger partial charge is 0.427 e. The molecule has 0 bridgehead atoms. The highest BCUT2D eigenvalue weighted by molar-refractivity contribution is 6.35. The van der Waals surface area contributed by atoms with Crippen molar-refractivity contribution in [2.24, 2.45) is 0 Å². The summed E-state index contributed by atoms with van der Waals surface area (Å²) in [4.78, 5) is 78.3. The monoisotopic (exact) mass is 588 g/mol. The molecule has 4 amide bonds. The molecule has 2 aliphatic heterocycles. The van der Waals surface area contributed by atoms with Gasteiger partial charge in [-0.3, -0.25) is 28.8 Å². The van der Waals surface area contributed by atoms with Gasteiger partial charge in [0.1, 0.15) is 11.5 Å². The maximum Gasteiger partial charge on any atom is 0.310 e. The molecule has 0 atom stereocenters. The van der Waals surface area contributed by atoms with E-state index in [1.54, 1.807) is 50.2 Å². The zero-order chi connectivity index (χ0) is 31.1. The van der Waals surface area contributed by atoms with Gasteiger partial charge in [-0.2, -0.15) is 0 Å². The number of rotatable bonds is 7. The molecule has 0 spiro atoms. The highest BCUT2D eigenvalue weighted by Gasteiger charge is 2.38. The Balaban J connectivity index is 1.25. The molecule has 0 fully saturated rings. The summed E-state index contributed by atoms with van der Waals surface area (Å²) in [7, 11) is 0. The summed E-state index contributed by atoms with van der Waals surface area (Å²) in [5.74, 6) is -2.21. The molecule has 0 radical (unpaired) electrons. The predicted octanol–water partition coefficient (Wildman–Crippen LogP) is 5.59. The summed E-state index contributed by atoms with van der Waals surface area (Å²) in [6.07, 6.45) is 0.421. The molecule has 0 saturated heterocycles. The molecule has 0 aromatic heterocycles. The van der Waals surface area contributed by atoms with Crippen LogP contribution in [0.5, 0.6) is 11.5 Å². The van der Waals surface area contributed by atoms with Crippen molar-refractivity contribution in [1.29, 1.82) is 0 Å². The molecule has 218 valence electrons. The zero-order valence-electron chi connectivity index (χ0n) is 23.7. The molecular weight excluding hydrogens is 564 g/mol. The fourth-order valence-electron chi connectivity index (χ4n) is 5.04. The van der Waals surface area contributed by atoms with Gasteiger partial charge < -0.3 is 9.47 Å². The lowest BCUT2D eigenvalue weighted by molar-refractivity contribution is -0.134. The Bertz CT molecular complexity index is 1750. The number of ether oxygens (including phenoxy) is 2. The molecule has 6 rings (SSSR count). The number of carbonyl (C=O) groups excluding carboxylic acids is 6. The summed E-state index contributed by atoms with van der Waals surface area (Å²) in [5.41, 5.74) is 2.66. The van der Waals surface area contributed by atoms with Crippen LogP contribution in [0.1, 0.15) is 68.1 Å². The standard InChI is InChI=1S/C34H24N2O8/c1-3-29(37)43-23-11-7-21(8-12-23)35-31(39)25-15-5-19(17-27(25)33(35)41)20-6-16-26-28(18-20)34(42)36(32(26)40)22-9-13-24(14-10-22)44-30(38)4-2/h5-18H,3-4H2,1-2H3. The number of hydrogen-bond donors (Lipinski definition) is 0. The average Bonchev–Trinajstić information content (AvgIpc) is 3.44. The number of hydrogen-bond acceptors (Lipinski definition) is 8. The van der Waals surface area contributed by atoms with Gasteiger partial charge in [-0.1, -0.05) is 26.0 Å². The van der Waals surface area contributed by atoms with Crippen LogP contribution in [-0.4, -0.2) is 35.6 Å². The van der Waals surface area contributed by atoms with Crippen LogP contribution < -0.4 is 19.3 Å². The SMILES string of the molecule is CCC(=O)Oc1ccc(N2C(=O)c3ccc(-c4ccc5c(c4)C(=O)N(c4ccc(OC(=O)CC)cc4)C5=O)cc3C2=O)cc1. The molecule has 0 N–H and O–H groups in total. The minimum absolute atomic E-state index is 0.197. The summed E-state index contributed by atoms with van der Waals surface area (Å²) in [6.45, 7) is 3.35. The Kier molecular flexibility index (Phi) is 7.10. The van der Waals surface area contributed by atoms with Crippen molar-refractivity contribution in [3.8, 4) is 22.6 Å². The molecule has 2 aliphatic rings. The highest BCUT2D eigenvalue weighted by Crippen LogP contribution is 2.35. The van der Waals surface area contributed by atoms with E-state index >= 15 is 0 Å². The molecule has 4 aromatic carbocycles. The lowest BCUT2D eigenvalue weighted by Gasteiger charge is -2.14. The van der Waals surface area contributed by atoms with E-state index in [1.165, 1.54) is 48.5 Å². The van der Waals surface area contributed by atoms with E-state index in [-0.39, 0.29) is 35.1 Å². The molecule has 0 saturated carbocycles. The maximum absolute atomic E-state index is 13.4. The van der Waals surface area contributed by atoms with Crippen LogP contribution in [0.4, 0.5) is 11.4 Å². The Morgan fingerprint density at radius 2 is 0.841 bits per heavy atom. The van der Waals surface area contributed by atoms with Crippen molar-refractivity contribution < 1.29 is 38.2 Å². The van der Waals surface area contributed by atoms with E-state index in [4.69, 9.17) is 9.47 Å². The Labute approximate surface area is 251 Å². The third-order valence-electron chi connectivity index (χ3n) is 7.34. The summed E-state index contributed by atoms with van der Waals surface area (Å²) in [6, 6.07) is 21.8. The summed E-state index contributed by atoms with van der Waals surface area (Å²) < 4.78 is 10.3. The third kappa shape index (κ3) is 4.82. The van der Waals surface area contributed by atoms with Gasteiger partial charge in [0.25, 0.3) is 23.6 Å². The van der Waals surface area contributed by atoms with Crippen molar-refractivity contribution in [1.82, 2.24) is 0 Å². The van der Waals surface area contributed by atoms with Crippen molar-refractivity contribution in [3.63, 3.8) is 0 Å². The number of fused-ring (bicyclic) bond motifs is 2. The van der Waals surface area contributed by atoms with E-state index in [0.29, 0.717) is 34.0 Å². The fourth-order valence-corrected chi connectivity index (χ4v) is 5.04. The molecule has 44 heavy (non-hydrogen) atoms. The topological polar surface area (TPSA) is 127 Å². The second-order valence-electron chi connectivity index (χ2n) is 10.1. The fraction of sp³-hybridized carbons (Fsp3) is 0.118. The minimum atomic E-state index is -0.517. The van der Waals surface area contributed by atoms with Crippen molar-refractivity contribution >= 4 is 46.9 Å². The van der Waals surface area contributed by atoms with Gasteiger partial charge in [-0.05, 0) is 83.9 Å². The van der Waals surface area contributed by atoms with E-state index < -0.39 is 35.6 Å². The first-order valence-electron chi connectivity index (χ1n) is 13.9. The molecule has 10 nitrogen and oxygen atoms in total. The molecule has 0 aliphatic carbocycles.